The zero-order valence-electron chi connectivity index (χ0n) is 8.78. The van der Waals surface area contributed by atoms with E-state index in [4.69, 9.17) is 17.1 Å². The summed E-state index contributed by atoms with van der Waals surface area (Å²) in [6.07, 6.45) is -0.373. The molecule has 5 heteroatoms. The van der Waals surface area contributed by atoms with Crippen LogP contribution in [0.5, 0.6) is 0 Å². The van der Waals surface area contributed by atoms with Crippen LogP contribution in [0.4, 0.5) is 0 Å². The van der Waals surface area contributed by atoms with Gasteiger partial charge in [-0.3, -0.25) is 0 Å². The van der Waals surface area contributed by atoms with Gasteiger partial charge in [-0.2, -0.15) is 0 Å². The fraction of sp³-hybridized carbons (Fsp3) is 1.00. The fourth-order valence-electron chi connectivity index (χ4n) is 0.737. The van der Waals surface area contributed by atoms with Crippen LogP contribution in [-0.2, 0) is 17.1 Å². The van der Waals surface area contributed by atoms with Crippen LogP contribution in [0.3, 0.4) is 0 Å². The molecule has 0 heterocycles. The molecule has 0 amide bonds. The Bertz CT molecular complexity index is 100. The molecule has 4 nitrogen and oxygen atoms in total. The van der Waals surface area contributed by atoms with E-state index in [1.54, 1.807) is 0 Å². The van der Waals surface area contributed by atoms with Crippen molar-refractivity contribution in [2.75, 3.05) is 13.2 Å². The van der Waals surface area contributed by atoms with Crippen molar-refractivity contribution < 1.29 is 17.1 Å². The van der Waals surface area contributed by atoms with Gasteiger partial charge in [0.2, 0.25) is 0 Å². The standard InChI is InChI=1S/2C4H9O2.Al/c2*1-3-6-4(2)5;/h2*4H,3H2,1-2H3;/q2*-1;+3. The summed E-state index contributed by atoms with van der Waals surface area (Å²) >= 11 is -0.506. The molecule has 2 unspecified atom stereocenters. The molecule has 0 aliphatic heterocycles. The Morgan fingerprint density at radius 1 is 0.923 bits per heavy atom. The van der Waals surface area contributed by atoms with E-state index >= 15 is 0 Å². The van der Waals surface area contributed by atoms with Crippen molar-refractivity contribution in [2.45, 2.75) is 40.3 Å². The van der Waals surface area contributed by atoms with Crippen LogP contribution < -0.4 is 0 Å². The van der Waals surface area contributed by atoms with Gasteiger partial charge in [-0.25, -0.2) is 0 Å². The molecular formula is C8H18AlO4+. The van der Waals surface area contributed by atoms with Gasteiger partial charge in [-0.1, -0.05) is 0 Å². The van der Waals surface area contributed by atoms with Crippen molar-refractivity contribution in [3.63, 3.8) is 0 Å². The number of hydrogen-bond acceptors (Lipinski definition) is 4. The molecule has 0 aromatic heterocycles. The van der Waals surface area contributed by atoms with Gasteiger partial charge in [0, 0.05) is 0 Å². The van der Waals surface area contributed by atoms with E-state index < -0.39 is 15.9 Å². The first kappa shape index (κ1) is 13.4. The minimum atomic E-state index is -0.506. The fourth-order valence-corrected chi connectivity index (χ4v) is 1.27. The third-order valence-electron chi connectivity index (χ3n) is 1.30. The molecule has 0 N–H and O–H groups in total. The molecule has 76 valence electrons. The monoisotopic (exact) mass is 205 g/mol. The van der Waals surface area contributed by atoms with Gasteiger partial charge in [0.15, 0.2) is 0 Å². The van der Waals surface area contributed by atoms with Crippen LogP contribution in [0.1, 0.15) is 27.7 Å². The second kappa shape index (κ2) is 8.95. The molecule has 0 aromatic carbocycles. The van der Waals surface area contributed by atoms with Crippen molar-refractivity contribution >= 4 is 15.9 Å². The molecule has 13 heavy (non-hydrogen) atoms. The van der Waals surface area contributed by atoms with E-state index in [1.165, 1.54) is 0 Å². The molecule has 0 aliphatic rings. The summed E-state index contributed by atoms with van der Waals surface area (Å²) in [6.45, 7) is 8.87. The average Bonchev–Trinajstić information content (AvgIpc) is 2.05. The van der Waals surface area contributed by atoms with Crippen molar-refractivity contribution in [3.05, 3.63) is 0 Å². The summed E-state index contributed by atoms with van der Waals surface area (Å²) in [5.41, 5.74) is 0. The second-order valence-corrected chi connectivity index (χ2v) is 3.15. The predicted octanol–water partition coefficient (Wildman–Crippen LogP) is 1.32. The summed E-state index contributed by atoms with van der Waals surface area (Å²) in [6, 6.07) is 0. The maximum absolute atomic E-state index is 5.26. The molecule has 0 aromatic rings. The van der Waals surface area contributed by atoms with E-state index in [2.05, 4.69) is 0 Å². The summed E-state index contributed by atoms with van der Waals surface area (Å²) in [4.78, 5) is 0. The summed E-state index contributed by atoms with van der Waals surface area (Å²) < 4.78 is 20.8. The van der Waals surface area contributed by atoms with Crippen molar-refractivity contribution in [1.82, 2.24) is 0 Å². The Morgan fingerprint density at radius 3 is 1.62 bits per heavy atom. The van der Waals surface area contributed by atoms with Gasteiger partial charge in [0.05, 0.1) is 0 Å². The van der Waals surface area contributed by atoms with E-state index in [9.17, 15) is 0 Å². The molecule has 0 saturated carbocycles. The van der Waals surface area contributed by atoms with E-state index in [-0.39, 0.29) is 12.6 Å². The number of rotatable bonds is 8. The van der Waals surface area contributed by atoms with Crippen LogP contribution in [-0.4, -0.2) is 41.7 Å². The molecular weight excluding hydrogens is 187 g/mol. The topological polar surface area (TPSA) is 36.9 Å². The Kier molecular flexibility index (Phi) is 9.20. The normalized spacial score (nSPS) is 15.1. The van der Waals surface area contributed by atoms with Crippen molar-refractivity contribution in [3.8, 4) is 0 Å². The molecule has 0 bridgehead atoms. The van der Waals surface area contributed by atoms with Crippen LogP contribution in [0.25, 0.3) is 0 Å². The summed E-state index contributed by atoms with van der Waals surface area (Å²) in [5.74, 6) is 0. The number of ether oxygens (including phenoxy) is 2. The first-order valence-electron chi connectivity index (χ1n) is 4.56. The zero-order chi connectivity index (χ0) is 10.1. The molecule has 0 fully saturated rings. The predicted molar refractivity (Wildman–Crippen MR) is 50.1 cm³/mol. The molecule has 2 atom stereocenters. The van der Waals surface area contributed by atoms with Gasteiger partial charge in [-0.05, 0) is 0 Å². The van der Waals surface area contributed by atoms with Crippen LogP contribution in [0.2, 0.25) is 0 Å². The third-order valence-corrected chi connectivity index (χ3v) is 2.29. The molecule has 0 saturated heterocycles. The van der Waals surface area contributed by atoms with E-state index in [0.717, 1.165) is 0 Å². The Hall–Kier alpha value is 0.372. The SMILES string of the molecule is CCOC(C)[O][Al+][O]C(C)OCC. The molecule has 0 radical (unpaired) electrons. The zero-order valence-corrected chi connectivity index (χ0v) is 9.93. The second-order valence-electron chi connectivity index (χ2n) is 2.41. The van der Waals surface area contributed by atoms with Crippen molar-refractivity contribution in [1.29, 1.82) is 0 Å². The quantitative estimate of drug-likeness (QED) is 0.442. The van der Waals surface area contributed by atoms with Crippen LogP contribution in [0, 0.1) is 0 Å². The average molecular weight is 205 g/mol. The summed E-state index contributed by atoms with van der Waals surface area (Å²) in [5, 5.41) is 0. The van der Waals surface area contributed by atoms with Crippen molar-refractivity contribution in [2.24, 2.45) is 0 Å². The van der Waals surface area contributed by atoms with Gasteiger partial charge in [0.25, 0.3) is 0 Å². The van der Waals surface area contributed by atoms with E-state index in [1.807, 2.05) is 27.7 Å². The summed E-state index contributed by atoms with van der Waals surface area (Å²) in [7, 11) is 0. The first-order chi connectivity index (χ1) is 6.20. The Morgan fingerprint density at radius 2 is 1.31 bits per heavy atom. The first-order valence-corrected chi connectivity index (χ1v) is 5.50. The van der Waals surface area contributed by atoms with Gasteiger partial charge in [0.1, 0.15) is 0 Å². The van der Waals surface area contributed by atoms with Gasteiger partial charge in [-0.15, -0.1) is 0 Å². The number of hydrogen-bond donors (Lipinski definition) is 0. The Labute approximate surface area is 86.9 Å². The Balaban J connectivity index is 3.23. The third kappa shape index (κ3) is 8.70. The van der Waals surface area contributed by atoms with E-state index in [0.29, 0.717) is 13.2 Å². The molecule has 0 rings (SSSR count). The molecule has 0 spiro atoms. The maximum atomic E-state index is 5.26. The van der Waals surface area contributed by atoms with Crippen LogP contribution in [0.15, 0.2) is 0 Å². The van der Waals surface area contributed by atoms with Gasteiger partial charge >= 0.3 is 86.4 Å². The minimum absolute atomic E-state index is 0.186. The molecule has 0 aliphatic carbocycles. The van der Waals surface area contributed by atoms with Gasteiger partial charge < -0.3 is 0 Å². The van der Waals surface area contributed by atoms with Crippen LogP contribution >= 0.6 is 0 Å².